The summed E-state index contributed by atoms with van der Waals surface area (Å²) in [5, 5.41) is 2.40. The normalized spacial score (nSPS) is 12.6. The lowest BCUT2D eigenvalue weighted by Gasteiger charge is -2.11. The number of hydrogen-bond donors (Lipinski definition) is 2. The van der Waals surface area contributed by atoms with E-state index in [0.717, 1.165) is 6.26 Å². The molecule has 1 unspecified atom stereocenters. The molecule has 1 atom stereocenters. The molecule has 110 valence electrons. The van der Waals surface area contributed by atoms with E-state index in [0.29, 0.717) is 5.69 Å². The van der Waals surface area contributed by atoms with Crippen LogP contribution < -0.4 is 11.1 Å². The lowest BCUT2D eigenvalue weighted by Crippen LogP contribution is -2.43. The van der Waals surface area contributed by atoms with Crippen molar-refractivity contribution < 1.29 is 22.7 Å². The lowest BCUT2D eigenvalue weighted by molar-refractivity contribution is -0.146. The highest BCUT2D eigenvalue weighted by atomic mass is 32.2. The maximum absolute atomic E-state index is 11.7. The molecule has 0 aliphatic heterocycles. The highest BCUT2D eigenvalue weighted by Gasteiger charge is 2.23. The number of nitrogens with two attached hydrogens (primary N) is 1. The second-order valence-electron chi connectivity index (χ2n) is 4.02. The summed E-state index contributed by atoms with van der Waals surface area (Å²) >= 11 is 0. The van der Waals surface area contributed by atoms with Gasteiger partial charge >= 0.3 is 5.97 Å². The lowest BCUT2D eigenvalue weighted by atomic mass is 10.2. The Morgan fingerprint density at radius 3 is 2.30 bits per heavy atom. The van der Waals surface area contributed by atoms with Crippen LogP contribution in [0.5, 0.6) is 0 Å². The van der Waals surface area contributed by atoms with Crippen molar-refractivity contribution in [1.29, 1.82) is 0 Å². The van der Waals surface area contributed by atoms with Crippen molar-refractivity contribution in [1.82, 2.24) is 0 Å². The van der Waals surface area contributed by atoms with Crippen molar-refractivity contribution in [2.45, 2.75) is 17.9 Å². The number of ether oxygens (including phenoxy) is 1. The number of esters is 1. The van der Waals surface area contributed by atoms with Gasteiger partial charge in [-0.2, -0.15) is 0 Å². The Hall–Kier alpha value is -1.93. The van der Waals surface area contributed by atoms with Gasteiger partial charge in [0.05, 0.1) is 11.5 Å². The van der Waals surface area contributed by atoms with Crippen LogP contribution in [0.2, 0.25) is 0 Å². The summed E-state index contributed by atoms with van der Waals surface area (Å²) in [7, 11) is -3.30. The van der Waals surface area contributed by atoms with Crippen molar-refractivity contribution in [2.24, 2.45) is 5.73 Å². The topological polar surface area (TPSA) is 116 Å². The highest BCUT2D eigenvalue weighted by molar-refractivity contribution is 7.90. The van der Waals surface area contributed by atoms with E-state index in [2.05, 4.69) is 10.1 Å². The van der Waals surface area contributed by atoms with Crippen LogP contribution in [-0.4, -0.2) is 39.2 Å². The third-order valence-corrected chi connectivity index (χ3v) is 3.50. The number of benzene rings is 1. The molecule has 0 radical (unpaired) electrons. The van der Waals surface area contributed by atoms with Crippen LogP contribution in [0.4, 0.5) is 5.69 Å². The SMILES string of the molecule is CCOC(=O)C(N)C(=O)Nc1ccc(S(C)(=O)=O)cc1. The van der Waals surface area contributed by atoms with Crippen LogP contribution in [0.1, 0.15) is 6.92 Å². The number of rotatable bonds is 5. The third-order valence-electron chi connectivity index (χ3n) is 2.37. The van der Waals surface area contributed by atoms with E-state index >= 15 is 0 Å². The van der Waals surface area contributed by atoms with E-state index in [4.69, 9.17) is 5.73 Å². The second kappa shape index (κ2) is 6.49. The summed E-state index contributed by atoms with van der Waals surface area (Å²) in [6.45, 7) is 1.73. The number of carbonyl (C=O) groups is 2. The van der Waals surface area contributed by atoms with Crippen molar-refractivity contribution in [3.05, 3.63) is 24.3 Å². The smallest absolute Gasteiger partial charge is 0.332 e. The Kier molecular flexibility index (Phi) is 5.23. The zero-order chi connectivity index (χ0) is 15.3. The molecule has 1 aromatic carbocycles. The molecule has 0 spiro atoms. The van der Waals surface area contributed by atoms with Gasteiger partial charge in [-0.1, -0.05) is 0 Å². The quantitative estimate of drug-likeness (QED) is 0.580. The molecule has 1 aromatic rings. The van der Waals surface area contributed by atoms with Gasteiger partial charge in [0.25, 0.3) is 5.91 Å². The Balaban J connectivity index is 2.74. The molecule has 0 bridgehead atoms. The zero-order valence-corrected chi connectivity index (χ0v) is 11.9. The predicted molar refractivity (Wildman–Crippen MR) is 72.8 cm³/mol. The number of hydrogen-bond acceptors (Lipinski definition) is 6. The number of amides is 1. The predicted octanol–water partition coefficient (Wildman–Crippen LogP) is -0.0810. The largest absolute Gasteiger partial charge is 0.464 e. The molecule has 1 rings (SSSR count). The van der Waals surface area contributed by atoms with Gasteiger partial charge in [-0.3, -0.25) is 4.79 Å². The molecule has 0 fully saturated rings. The van der Waals surface area contributed by atoms with Crippen LogP contribution in [-0.2, 0) is 24.2 Å². The van der Waals surface area contributed by atoms with E-state index in [-0.39, 0.29) is 11.5 Å². The van der Waals surface area contributed by atoms with E-state index in [1.54, 1.807) is 6.92 Å². The maximum Gasteiger partial charge on any atom is 0.332 e. The molecular weight excluding hydrogens is 284 g/mol. The summed E-state index contributed by atoms with van der Waals surface area (Å²) < 4.78 is 27.2. The second-order valence-corrected chi connectivity index (χ2v) is 6.03. The number of nitrogens with one attached hydrogen (secondary N) is 1. The molecule has 7 nitrogen and oxygen atoms in total. The summed E-state index contributed by atoms with van der Waals surface area (Å²) in [6.07, 6.45) is 1.08. The monoisotopic (exact) mass is 300 g/mol. The molecular formula is C12H16N2O5S. The first-order valence-corrected chi connectivity index (χ1v) is 7.68. The molecule has 0 aromatic heterocycles. The number of sulfone groups is 1. The van der Waals surface area contributed by atoms with Crippen molar-refractivity contribution in [3.63, 3.8) is 0 Å². The first-order chi connectivity index (χ1) is 9.25. The average molecular weight is 300 g/mol. The molecule has 3 N–H and O–H groups in total. The van der Waals surface area contributed by atoms with Gasteiger partial charge in [0.1, 0.15) is 0 Å². The van der Waals surface area contributed by atoms with E-state index in [9.17, 15) is 18.0 Å². The molecule has 1 amide bonds. The van der Waals surface area contributed by atoms with Gasteiger partial charge in [-0.15, -0.1) is 0 Å². The molecule has 0 aliphatic rings. The first-order valence-electron chi connectivity index (χ1n) is 5.79. The summed E-state index contributed by atoms with van der Waals surface area (Å²) in [5.74, 6) is -1.55. The molecule has 0 aliphatic carbocycles. The van der Waals surface area contributed by atoms with Gasteiger partial charge in [0.15, 0.2) is 15.9 Å². The maximum atomic E-state index is 11.7. The van der Waals surface area contributed by atoms with Gasteiger partial charge in [-0.25, -0.2) is 13.2 Å². The fourth-order valence-electron chi connectivity index (χ4n) is 1.34. The van der Waals surface area contributed by atoms with Crippen LogP contribution >= 0.6 is 0 Å². The number of carbonyl (C=O) groups excluding carboxylic acids is 2. The van der Waals surface area contributed by atoms with Crippen molar-refractivity contribution in [3.8, 4) is 0 Å². The Morgan fingerprint density at radius 1 is 1.30 bits per heavy atom. The molecule has 8 heteroatoms. The molecule has 20 heavy (non-hydrogen) atoms. The fourth-order valence-corrected chi connectivity index (χ4v) is 1.98. The standard InChI is InChI=1S/C12H16N2O5S/c1-3-19-12(16)10(13)11(15)14-8-4-6-9(7-5-8)20(2,17)18/h4-7,10H,3,13H2,1-2H3,(H,14,15). The fraction of sp³-hybridized carbons (Fsp3) is 0.333. The van der Waals surface area contributed by atoms with Crippen LogP contribution in [0.25, 0.3) is 0 Å². The zero-order valence-electron chi connectivity index (χ0n) is 11.1. The van der Waals surface area contributed by atoms with Gasteiger partial charge < -0.3 is 15.8 Å². The molecule has 0 heterocycles. The van der Waals surface area contributed by atoms with Gasteiger partial charge in [-0.05, 0) is 31.2 Å². The highest BCUT2D eigenvalue weighted by Crippen LogP contribution is 2.14. The molecule has 0 saturated heterocycles. The first kappa shape index (κ1) is 16.1. The van der Waals surface area contributed by atoms with Gasteiger partial charge in [0.2, 0.25) is 0 Å². The van der Waals surface area contributed by atoms with Gasteiger partial charge in [0, 0.05) is 11.9 Å². The van der Waals surface area contributed by atoms with Crippen molar-refractivity contribution >= 4 is 27.4 Å². The average Bonchev–Trinajstić information content (AvgIpc) is 2.37. The van der Waals surface area contributed by atoms with E-state index < -0.39 is 27.8 Å². The van der Waals surface area contributed by atoms with Crippen LogP contribution in [0.3, 0.4) is 0 Å². The van der Waals surface area contributed by atoms with Crippen LogP contribution in [0, 0.1) is 0 Å². The Morgan fingerprint density at radius 2 is 1.85 bits per heavy atom. The van der Waals surface area contributed by atoms with Crippen LogP contribution in [0.15, 0.2) is 29.2 Å². The minimum absolute atomic E-state index is 0.128. The third kappa shape index (κ3) is 4.32. The minimum atomic E-state index is -3.30. The molecule has 0 saturated carbocycles. The summed E-state index contributed by atoms with van der Waals surface area (Å²) in [6, 6.07) is 4.09. The van der Waals surface area contributed by atoms with E-state index in [1.165, 1.54) is 24.3 Å². The summed E-state index contributed by atoms with van der Waals surface area (Å²) in [5.41, 5.74) is 5.75. The number of anilines is 1. The Bertz CT molecular complexity index is 595. The minimum Gasteiger partial charge on any atom is -0.464 e. The van der Waals surface area contributed by atoms with Crippen molar-refractivity contribution in [2.75, 3.05) is 18.2 Å². The summed E-state index contributed by atoms with van der Waals surface area (Å²) in [4.78, 5) is 23.1. The Labute approximate surface area is 117 Å². The van der Waals surface area contributed by atoms with E-state index in [1.807, 2.05) is 0 Å².